The van der Waals surface area contributed by atoms with Crippen molar-refractivity contribution in [3.63, 3.8) is 0 Å². The summed E-state index contributed by atoms with van der Waals surface area (Å²) in [4.78, 5) is 11.8. The molecular formula is C29H32ClN6OP. The number of nitriles is 1. The van der Waals surface area contributed by atoms with E-state index in [9.17, 15) is 9.83 Å². The standard InChI is InChI=1S/C29H32ClN6OP/c1-38(2,37)27-13-18(15-31)3-10-26(27)34-28-25(30)16-32-29(35-28)33-22-7-4-20-5-8-23(9-6-21(20)14-22)36-17-19-11-24(36)12-19/h3-4,7,10,13-14,16,19,23-24H,5-6,8-9,11-12,17H2,1-2H3,(H2,32,33,34,35). The Morgan fingerprint density at radius 3 is 2.55 bits per heavy atom. The molecule has 0 radical (unpaired) electrons. The van der Waals surface area contributed by atoms with Crippen LogP contribution in [0.1, 0.15) is 42.4 Å². The number of fused-ring (bicyclic) bond motifs is 2. The van der Waals surface area contributed by atoms with Crippen molar-refractivity contribution >= 4 is 47.2 Å². The average molecular weight is 547 g/mol. The van der Waals surface area contributed by atoms with Crippen LogP contribution in [0.3, 0.4) is 0 Å². The van der Waals surface area contributed by atoms with Crippen LogP contribution in [0, 0.1) is 17.2 Å². The van der Waals surface area contributed by atoms with E-state index in [-0.39, 0.29) is 0 Å². The fraction of sp³-hybridized carbons (Fsp3) is 0.414. The fourth-order valence-electron chi connectivity index (χ4n) is 6.24. The number of nitrogens with one attached hydrogen (secondary N) is 2. The Kier molecular flexibility index (Phi) is 6.68. The SMILES string of the molecule is CP(C)(=O)c1cc(C#N)ccc1Nc1nc(Nc2ccc3c(c2)CCC(N2CC4CC2C4)CC3)ncc1Cl. The largest absolute Gasteiger partial charge is 0.338 e. The van der Waals surface area contributed by atoms with E-state index < -0.39 is 7.14 Å². The van der Waals surface area contributed by atoms with Gasteiger partial charge in [-0.3, -0.25) is 4.90 Å². The Balaban J connectivity index is 1.19. The van der Waals surface area contributed by atoms with E-state index in [1.165, 1.54) is 43.4 Å². The Morgan fingerprint density at radius 1 is 1.05 bits per heavy atom. The minimum Gasteiger partial charge on any atom is -0.338 e. The maximum Gasteiger partial charge on any atom is 0.229 e. The number of halogens is 1. The van der Waals surface area contributed by atoms with E-state index in [0.29, 0.717) is 39.4 Å². The first-order valence-corrected chi connectivity index (χ1v) is 16.3. The van der Waals surface area contributed by atoms with Gasteiger partial charge in [-0.1, -0.05) is 17.7 Å². The van der Waals surface area contributed by atoms with Crippen molar-refractivity contribution in [3.05, 3.63) is 64.3 Å². The summed E-state index contributed by atoms with van der Waals surface area (Å²) in [5.74, 6) is 1.79. The smallest absolute Gasteiger partial charge is 0.229 e. The van der Waals surface area contributed by atoms with Crippen molar-refractivity contribution in [1.82, 2.24) is 14.9 Å². The quantitative estimate of drug-likeness (QED) is 0.286. The summed E-state index contributed by atoms with van der Waals surface area (Å²) in [7, 11) is -2.66. The molecule has 38 heavy (non-hydrogen) atoms. The number of aromatic nitrogens is 2. The lowest BCUT2D eigenvalue weighted by atomic mass is 9.86. The molecule has 2 aliphatic carbocycles. The van der Waals surface area contributed by atoms with Crippen LogP contribution in [0.4, 0.5) is 23.1 Å². The van der Waals surface area contributed by atoms with Crippen molar-refractivity contribution in [2.75, 3.05) is 30.5 Å². The fourth-order valence-corrected chi connectivity index (χ4v) is 7.54. The predicted octanol–water partition coefficient (Wildman–Crippen LogP) is 6.08. The van der Waals surface area contributed by atoms with Crippen molar-refractivity contribution in [2.45, 2.75) is 50.6 Å². The Morgan fingerprint density at radius 2 is 1.84 bits per heavy atom. The lowest BCUT2D eigenvalue weighted by Crippen LogP contribution is -2.37. The molecule has 3 aromatic rings. The van der Waals surface area contributed by atoms with Crippen LogP contribution < -0.4 is 15.9 Å². The zero-order valence-electron chi connectivity index (χ0n) is 21.7. The maximum absolute atomic E-state index is 12.9. The average Bonchev–Trinajstić information content (AvgIpc) is 3.42. The first-order valence-electron chi connectivity index (χ1n) is 13.3. The van der Waals surface area contributed by atoms with Gasteiger partial charge in [-0.05, 0) is 99.2 Å². The topological polar surface area (TPSA) is 93.9 Å². The summed E-state index contributed by atoms with van der Waals surface area (Å²) >= 11 is 6.43. The third-order valence-electron chi connectivity index (χ3n) is 8.28. The highest BCUT2D eigenvalue weighted by Crippen LogP contribution is 2.44. The van der Waals surface area contributed by atoms with Crippen LogP contribution in [0.25, 0.3) is 0 Å². The molecule has 196 valence electrons. The molecule has 2 bridgehead atoms. The molecular weight excluding hydrogens is 515 g/mol. The predicted molar refractivity (Wildman–Crippen MR) is 154 cm³/mol. The number of anilines is 4. The zero-order valence-corrected chi connectivity index (χ0v) is 23.4. The highest BCUT2D eigenvalue weighted by Gasteiger charge is 2.45. The van der Waals surface area contributed by atoms with Crippen LogP contribution in [-0.4, -0.2) is 46.8 Å². The minimum absolute atomic E-state index is 0.348. The summed E-state index contributed by atoms with van der Waals surface area (Å²) < 4.78 is 12.9. The van der Waals surface area contributed by atoms with Crippen LogP contribution in [-0.2, 0) is 17.4 Å². The van der Waals surface area contributed by atoms with Crippen molar-refractivity contribution < 1.29 is 4.57 Å². The van der Waals surface area contributed by atoms with Gasteiger partial charge in [0.1, 0.15) is 12.2 Å². The molecule has 0 spiro atoms. The molecule has 9 heteroatoms. The van der Waals surface area contributed by atoms with Gasteiger partial charge in [0, 0.05) is 29.6 Å². The van der Waals surface area contributed by atoms with Gasteiger partial charge in [0.25, 0.3) is 0 Å². The molecule has 0 amide bonds. The van der Waals surface area contributed by atoms with E-state index in [1.54, 1.807) is 37.7 Å². The zero-order chi connectivity index (χ0) is 26.4. The van der Waals surface area contributed by atoms with Crippen LogP contribution in [0.15, 0.2) is 42.6 Å². The first kappa shape index (κ1) is 25.4. The molecule has 4 aliphatic rings. The summed E-state index contributed by atoms with van der Waals surface area (Å²) in [5.41, 5.74) is 4.86. The number of aryl methyl sites for hydroxylation is 2. The lowest BCUT2D eigenvalue weighted by Gasteiger charge is -2.32. The van der Waals surface area contributed by atoms with Gasteiger partial charge in [-0.15, -0.1) is 0 Å². The number of hydrogen-bond donors (Lipinski definition) is 2. The first-order chi connectivity index (χ1) is 18.3. The van der Waals surface area contributed by atoms with Crippen LogP contribution >= 0.6 is 18.7 Å². The number of nitrogens with zero attached hydrogens (tertiary/aromatic N) is 4. The van der Waals surface area contributed by atoms with Gasteiger partial charge in [0.15, 0.2) is 5.82 Å². The third-order valence-corrected chi connectivity index (χ3v) is 10.1. The molecule has 3 fully saturated rings. The Bertz CT molecular complexity index is 1470. The van der Waals surface area contributed by atoms with Gasteiger partial charge < -0.3 is 15.2 Å². The molecule has 3 heterocycles. The summed E-state index contributed by atoms with van der Waals surface area (Å²) in [5, 5.41) is 16.8. The second-order valence-corrected chi connectivity index (χ2v) is 14.8. The van der Waals surface area contributed by atoms with E-state index in [0.717, 1.165) is 30.5 Å². The van der Waals surface area contributed by atoms with Crippen molar-refractivity contribution in [2.24, 2.45) is 5.92 Å². The van der Waals surface area contributed by atoms with Gasteiger partial charge in [-0.25, -0.2) is 4.98 Å². The van der Waals surface area contributed by atoms with Gasteiger partial charge in [-0.2, -0.15) is 10.2 Å². The second kappa shape index (κ2) is 10.0. The minimum atomic E-state index is -2.66. The molecule has 2 N–H and O–H groups in total. The monoisotopic (exact) mass is 546 g/mol. The molecule has 1 aromatic heterocycles. The summed E-state index contributed by atoms with van der Waals surface area (Å²) in [6.07, 6.45) is 9.07. The van der Waals surface area contributed by atoms with Crippen molar-refractivity contribution in [3.8, 4) is 6.07 Å². The summed E-state index contributed by atoms with van der Waals surface area (Å²) in [6.45, 7) is 4.66. The Hall–Kier alpha value is -2.91. The number of hydrogen-bond acceptors (Lipinski definition) is 7. The molecule has 7 nitrogen and oxygen atoms in total. The van der Waals surface area contributed by atoms with Gasteiger partial charge >= 0.3 is 0 Å². The lowest BCUT2D eigenvalue weighted by molar-refractivity contribution is 0.170. The normalized spacial score (nSPS) is 22.6. The van der Waals surface area contributed by atoms with Gasteiger partial charge in [0.2, 0.25) is 5.95 Å². The molecule has 7 rings (SSSR count). The number of rotatable bonds is 6. The molecule has 2 aromatic carbocycles. The van der Waals surface area contributed by atoms with Crippen LogP contribution in [0.5, 0.6) is 0 Å². The highest BCUT2D eigenvalue weighted by molar-refractivity contribution is 7.70. The molecule has 1 atom stereocenters. The van der Waals surface area contributed by atoms with E-state index >= 15 is 0 Å². The summed E-state index contributed by atoms with van der Waals surface area (Å²) in [6, 6.07) is 15.3. The number of benzene rings is 2. The third kappa shape index (κ3) is 5.06. The second-order valence-electron chi connectivity index (χ2n) is 11.2. The highest BCUT2D eigenvalue weighted by atomic mass is 35.5. The van der Waals surface area contributed by atoms with E-state index in [2.05, 4.69) is 49.8 Å². The van der Waals surface area contributed by atoms with E-state index in [4.69, 9.17) is 11.6 Å². The molecule has 1 saturated carbocycles. The van der Waals surface area contributed by atoms with Gasteiger partial charge in [0.05, 0.1) is 23.5 Å². The molecule has 2 aliphatic heterocycles. The maximum atomic E-state index is 12.9. The Labute approximate surface area is 229 Å². The molecule has 1 unspecified atom stereocenters. The van der Waals surface area contributed by atoms with E-state index in [1.807, 2.05) is 0 Å². The molecule has 2 saturated heterocycles. The van der Waals surface area contributed by atoms with Crippen LogP contribution in [0.2, 0.25) is 5.02 Å². The van der Waals surface area contributed by atoms with Crippen molar-refractivity contribution in [1.29, 1.82) is 5.26 Å².